The lowest BCUT2D eigenvalue weighted by molar-refractivity contribution is 0.585. The van der Waals surface area contributed by atoms with Gasteiger partial charge < -0.3 is 0 Å². The monoisotopic (exact) mass is 267 g/mol. The van der Waals surface area contributed by atoms with Crippen LogP contribution in [0.1, 0.15) is 5.56 Å². The predicted molar refractivity (Wildman–Crippen MR) is 77.2 cm³/mol. The Kier molecular flexibility index (Phi) is 3.03. The Bertz CT molecular complexity index is 809. The van der Waals surface area contributed by atoms with Crippen LogP contribution in [0.2, 0.25) is 0 Å². The molecule has 0 atom stereocenters. The van der Waals surface area contributed by atoms with Crippen LogP contribution in [0.5, 0.6) is 0 Å². The van der Waals surface area contributed by atoms with Crippen LogP contribution in [-0.2, 0) is 0 Å². The fourth-order valence-corrected chi connectivity index (χ4v) is 2.32. The summed E-state index contributed by atoms with van der Waals surface area (Å²) >= 11 is 0. The summed E-state index contributed by atoms with van der Waals surface area (Å²) in [6.07, 6.45) is 5.10. The highest BCUT2D eigenvalue weighted by Crippen LogP contribution is 2.31. The van der Waals surface area contributed by atoms with E-state index < -0.39 is 11.6 Å². The van der Waals surface area contributed by atoms with Gasteiger partial charge in [0, 0.05) is 35.0 Å². The third-order valence-electron chi connectivity index (χ3n) is 3.28. The lowest BCUT2D eigenvalue weighted by Crippen LogP contribution is -1.89. The molecule has 0 unspecified atom stereocenters. The molecular weight excluding hydrogens is 256 g/mol. The van der Waals surface area contributed by atoms with Crippen molar-refractivity contribution in [2.45, 2.75) is 0 Å². The van der Waals surface area contributed by atoms with E-state index in [-0.39, 0.29) is 0 Å². The fraction of sp³-hybridized carbons (Fsp3) is 0. The molecule has 0 saturated carbocycles. The van der Waals surface area contributed by atoms with E-state index in [1.807, 2.05) is 12.1 Å². The van der Waals surface area contributed by atoms with Gasteiger partial charge >= 0.3 is 0 Å². The fourth-order valence-electron chi connectivity index (χ4n) is 2.32. The van der Waals surface area contributed by atoms with E-state index in [0.29, 0.717) is 11.1 Å². The maximum absolute atomic E-state index is 14.0. The molecule has 2 aromatic carbocycles. The average Bonchev–Trinajstić information content (AvgIpc) is 2.46. The van der Waals surface area contributed by atoms with Crippen molar-refractivity contribution >= 4 is 16.8 Å². The molecule has 0 saturated heterocycles. The lowest BCUT2D eigenvalue weighted by Gasteiger charge is -2.09. The molecule has 0 bridgehead atoms. The van der Waals surface area contributed by atoms with Gasteiger partial charge in [0.15, 0.2) is 0 Å². The SMILES string of the molecule is C=Cc1cncc2c(-c3ccc(F)cc3F)cccc12. The first-order valence-corrected chi connectivity index (χ1v) is 6.15. The number of fused-ring (bicyclic) bond motifs is 1. The molecule has 0 radical (unpaired) electrons. The molecular formula is C17H11F2N. The van der Waals surface area contributed by atoms with Crippen molar-refractivity contribution in [3.63, 3.8) is 0 Å². The highest BCUT2D eigenvalue weighted by molar-refractivity contribution is 6.00. The van der Waals surface area contributed by atoms with E-state index in [1.54, 1.807) is 24.5 Å². The molecule has 98 valence electrons. The molecule has 0 aliphatic rings. The van der Waals surface area contributed by atoms with Gasteiger partial charge in [-0.25, -0.2) is 8.78 Å². The number of rotatable bonds is 2. The van der Waals surface area contributed by atoms with Crippen LogP contribution in [0.4, 0.5) is 8.78 Å². The van der Waals surface area contributed by atoms with Gasteiger partial charge in [-0.15, -0.1) is 0 Å². The zero-order valence-electron chi connectivity index (χ0n) is 10.6. The van der Waals surface area contributed by atoms with Crippen LogP contribution in [0.15, 0.2) is 55.4 Å². The Morgan fingerprint density at radius 1 is 0.950 bits per heavy atom. The molecule has 0 aliphatic carbocycles. The molecule has 0 aliphatic heterocycles. The summed E-state index contributed by atoms with van der Waals surface area (Å²) in [7, 11) is 0. The van der Waals surface area contributed by atoms with E-state index in [4.69, 9.17) is 0 Å². The van der Waals surface area contributed by atoms with Crippen LogP contribution in [0.25, 0.3) is 28.0 Å². The number of halogens is 2. The Morgan fingerprint density at radius 2 is 1.80 bits per heavy atom. The molecule has 1 aromatic heterocycles. The standard InChI is InChI=1S/C17H11F2N/c1-2-11-9-20-10-16-13(11)4-3-5-14(16)15-7-6-12(18)8-17(15)19/h2-10H,1H2. The maximum Gasteiger partial charge on any atom is 0.133 e. The van der Waals surface area contributed by atoms with Crippen molar-refractivity contribution in [2.24, 2.45) is 0 Å². The summed E-state index contributed by atoms with van der Waals surface area (Å²) < 4.78 is 27.0. The topological polar surface area (TPSA) is 12.9 Å². The Morgan fingerprint density at radius 3 is 2.55 bits per heavy atom. The molecule has 0 fully saturated rings. The van der Waals surface area contributed by atoms with Crippen molar-refractivity contribution in [1.82, 2.24) is 4.98 Å². The third-order valence-corrected chi connectivity index (χ3v) is 3.28. The van der Waals surface area contributed by atoms with Crippen LogP contribution in [0, 0.1) is 11.6 Å². The minimum atomic E-state index is -0.587. The summed E-state index contributed by atoms with van der Waals surface area (Å²) in [5.74, 6) is -1.17. The van der Waals surface area contributed by atoms with E-state index in [2.05, 4.69) is 11.6 Å². The molecule has 3 heteroatoms. The highest BCUT2D eigenvalue weighted by Gasteiger charge is 2.10. The number of nitrogens with zero attached hydrogens (tertiary/aromatic N) is 1. The van der Waals surface area contributed by atoms with Crippen molar-refractivity contribution in [2.75, 3.05) is 0 Å². The Labute approximate surface area is 115 Å². The lowest BCUT2D eigenvalue weighted by atomic mass is 9.97. The second-order valence-corrected chi connectivity index (χ2v) is 4.46. The zero-order valence-corrected chi connectivity index (χ0v) is 10.6. The van der Waals surface area contributed by atoms with Crippen LogP contribution in [0.3, 0.4) is 0 Å². The highest BCUT2D eigenvalue weighted by atomic mass is 19.1. The number of hydrogen-bond donors (Lipinski definition) is 0. The maximum atomic E-state index is 14.0. The Hall–Kier alpha value is -2.55. The van der Waals surface area contributed by atoms with Gasteiger partial charge in [0.1, 0.15) is 11.6 Å². The first-order chi connectivity index (χ1) is 9.70. The summed E-state index contributed by atoms with van der Waals surface area (Å²) in [6, 6.07) is 9.15. The van der Waals surface area contributed by atoms with Gasteiger partial charge in [-0.2, -0.15) is 0 Å². The molecule has 0 spiro atoms. The Balaban J connectivity index is 2.34. The molecule has 20 heavy (non-hydrogen) atoms. The van der Waals surface area contributed by atoms with Gasteiger partial charge in [-0.3, -0.25) is 4.98 Å². The second kappa shape index (κ2) is 4.85. The van der Waals surface area contributed by atoms with Crippen LogP contribution < -0.4 is 0 Å². The van der Waals surface area contributed by atoms with E-state index in [9.17, 15) is 8.78 Å². The number of pyridine rings is 1. The first kappa shape index (κ1) is 12.5. The summed E-state index contributed by atoms with van der Waals surface area (Å²) in [5, 5.41) is 1.76. The largest absolute Gasteiger partial charge is 0.263 e. The number of aromatic nitrogens is 1. The smallest absolute Gasteiger partial charge is 0.133 e. The summed E-state index contributed by atoms with van der Waals surface area (Å²) in [5.41, 5.74) is 1.93. The van der Waals surface area contributed by atoms with Crippen molar-refractivity contribution in [1.29, 1.82) is 0 Å². The van der Waals surface area contributed by atoms with Gasteiger partial charge in [-0.05, 0) is 23.1 Å². The first-order valence-electron chi connectivity index (χ1n) is 6.15. The van der Waals surface area contributed by atoms with E-state index in [0.717, 1.165) is 22.4 Å². The molecule has 1 nitrogen and oxygen atoms in total. The minimum Gasteiger partial charge on any atom is -0.263 e. The van der Waals surface area contributed by atoms with Crippen LogP contribution in [-0.4, -0.2) is 4.98 Å². The van der Waals surface area contributed by atoms with Crippen molar-refractivity contribution in [3.8, 4) is 11.1 Å². The van der Waals surface area contributed by atoms with Gasteiger partial charge in [-0.1, -0.05) is 30.9 Å². The molecule has 0 N–H and O–H groups in total. The quantitative estimate of drug-likeness (QED) is 0.648. The van der Waals surface area contributed by atoms with E-state index in [1.165, 1.54) is 12.1 Å². The second-order valence-electron chi connectivity index (χ2n) is 4.46. The normalized spacial score (nSPS) is 10.7. The molecule has 1 heterocycles. The molecule has 3 rings (SSSR count). The van der Waals surface area contributed by atoms with Crippen LogP contribution >= 0.6 is 0 Å². The number of benzene rings is 2. The summed E-state index contributed by atoms with van der Waals surface area (Å²) in [6.45, 7) is 3.75. The van der Waals surface area contributed by atoms with Gasteiger partial charge in [0.25, 0.3) is 0 Å². The van der Waals surface area contributed by atoms with Crippen molar-refractivity contribution < 1.29 is 8.78 Å². The average molecular weight is 267 g/mol. The third kappa shape index (κ3) is 1.97. The zero-order chi connectivity index (χ0) is 14.1. The van der Waals surface area contributed by atoms with Crippen molar-refractivity contribution in [3.05, 3.63) is 72.6 Å². The molecule has 0 amide bonds. The predicted octanol–water partition coefficient (Wildman–Crippen LogP) is 4.82. The number of hydrogen-bond acceptors (Lipinski definition) is 1. The summed E-state index contributed by atoms with van der Waals surface area (Å²) in [4.78, 5) is 4.15. The van der Waals surface area contributed by atoms with Gasteiger partial charge in [0.05, 0.1) is 0 Å². The van der Waals surface area contributed by atoms with Gasteiger partial charge in [0.2, 0.25) is 0 Å². The van der Waals surface area contributed by atoms with E-state index >= 15 is 0 Å². The minimum absolute atomic E-state index is 0.361. The molecule has 3 aromatic rings.